The van der Waals surface area contributed by atoms with Crippen LogP contribution in [0.5, 0.6) is 17.2 Å². The zero-order chi connectivity index (χ0) is 18.4. The van der Waals surface area contributed by atoms with Gasteiger partial charge in [0, 0.05) is 11.8 Å². The fourth-order valence-electron chi connectivity index (χ4n) is 2.35. The number of rotatable bonds is 8. The molecule has 0 N–H and O–H groups in total. The van der Waals surface area contributed by atoms with E-state index in [1.165, 1.54) is 17.3 Å². The Balaban J connectivity index is 1.58. The molecule has 3 rings (SSSR count). The van der Waals surface area contributed by atoms with E-state index in [1.54, 1.807) is 20.3 Å². The summed E-state index contributed by atoms with van der Waals surface area (Å²) in [5.74, 6) is 3.29. The maximum absolute atomic E-state index is 5.72. The van der Waals surface area contributed by atoms with E-state index in [4.69, 9.17) is 18.6 Å². The minimum atomic E-state index is 0.409. The fraction of sp³-hybridized carbons (Fsp3) is 0.263. The predicted octanol–water partition coefficient (Wildman–Crippen LogP) is 4.23. The molecule has 0 aliphatic rings. The largest absolute Gasteiger partial charge is 0.497 e. The van der Waals surface area contributed by atoms with Crippen LogP contribution in [0.15, 0.2) is 52.1 Å². The van der Waals surface area contributed by atoms with Crippen LogP contribution in [0, 0.1) is 6.92 Å². The van der Waals surface area contributed by atoms with Crippen LogP contribution in [0.2, 0.25) is 0 Å². The van der Waals surface area contributed by atoms with Gasteiger partial charge in [-0.05, 0) is 36.8 Å². The summed E-state index contributed by atoms with van der Waals surface area (Å²) in [5, 5.41) is 8.66. The zero-order valence-corrected chi connectivity index (χ0v) is 15.7. The van der Waals surface area contributed by atoms with Gasteiger partial charge in [0.15, 0.2) is 0 Å². The van der Waals surface area contributed by atoms with Crippen molar-refractivity contribution in [2.45, 2.75) is 12.1 Å². The van der Waals surface area contributed by atoms with E-state index >= 15 is 0 Å². The number of thioether (sulfide) groups is 1. The summed E-state index contributed by atoms with van der Waals surface area (Å²) in [6.45, 7) is 2.59. The van der Waals surface area contributed by atoms with Crippen LogP contribution in [0.25, 0.3) is 11.5 Å². The van der Waals surface area contributed by atoms with Crippen molar-refractivity contribution >= 4 is 11.8 Å². The molecule has 3 aromatic rings. The van der Waals surface area contributed by atoms with Crippen LogP contribution in [0.4, 0.5) is 0 Å². The molecule has 0 saturated carbocycles. The lowest BCUT2D eigenvalue weighted by Crippen LogP contribution is -2.00. The highest BCUT2D eigenvalue weighted by atomic mass is 32.2. The summed E-state index contributed by atoms with van der Waals surface area (Å²) < 4.78 is 22.0. The Kier molecular flexibility index (Phi) is 6.01. The molecule has 0 aliphatic carbocycles. The second kappa shape index (κ2) is 8.62. The fourth-order valence-corrected chi connectivity index (χ4v) is 2.92. The van der Waals surface area contributed by atoms with Crippen molar-refractivity contribution in [2.75, 3.05) is 26.6 Å². The molecule has 1 aromatic heterocycles. The highest BCUT2D eigenvalue weighted by molar-refractivity contribution is 7.99. The first-order valence-electron chi connectivity index (χ1n) is 8.08. The van der Waals surface area contributed by atoms with Crippen LogP contribution in [0.1, 0.15) is 5.56 Å². The number of aromatic nitrogens is 2. The lowest BCUT2D eigenvalue weighted by atomic mass is 10.2. The summed E-state index contributed by atoms with van der Waals surface area (Å²) >= 11 is 1.45. The lowest BCUT2D eigenvalue weighted by molar-refractivity contribution is 0.343. The second-order valence-corrected chi connectivity index (χ2v) is 6.50. The van der Waals surface area contributed by atoms with Gasteiger partial charge >= 0.3 is 0 Å². The van der Waals surface area contributed by atoms with Gasteiger partial charge in [0.2, 0.25) is 0 Å². The van der Waals surface area contributed by atoms with Gasteiger partial charge in [0.05, 0.1) is 26.4 Å². The van der Waals surface area contributed by atoms with Crippen molar-refractivity contribution in [3.63, 3.8) is 0 Å². The molecular formula is C19H20N2O4S. The molecule has 0 amide bonds. The minimum absolute atomic E-state index is 0.409. The van der Waals surface area contributed by atoms with Gasteiger partial charge in [-0.3, -0.25) is 0 Å². The van der Waals surface area contributed by atoms with Gasteiger partial charge < -0.3 is 18.6 Å². The van der Waals surface area contributed by atoms with E-state index in [0.29, 0.717) is 35.0 Å². The normalized spacial score (nSPS) is 10.6. The van der Waals surface area contributed by atoms with Crippen molar-refractivity contribution < 1.29 is 18.6 Å². The second-order valence-electron chi connectivity index (χ2n) is 5.45. The maximum atomic E-state index is 5.72. The molecule has 0 atom stereocenters. The highest BCUT2D eigenvalue weighted by Crippen LogP contribution is 2.33. The predicted molar refractivity (Wildman–Crippen MR) is 100 cm³/mol. The van der Waals surface area contributed by atoms with E-state index in [0.717, 1.165) is 11.3 Å². The minimum Gasteiger partial charge on any atom is -0.497 e. The standard InChI is InChI=1S/C19H20N2O4S/c1-13-5-4-6-15(11-13)24-9-10-26-19-21-20-18(25-19)16-8-7-14(22-2)12-17(16)23-3/h4-8,11-12H,9-10H2,1-3H3. The van der Waals surface area contributed by atoms with E-state index in [1.807, 2.05) is 43.3 Å². The quantitative estimate of drug-likeness (QED) is 0.433. The summed E-state index contributed by atoms with van der Waals surface area (Å²) in [7, 11) is 3.20. The maximum Gasteiger partial charge on any atom is 0.276 e. The number of methoxy groups -OCH3 is 2. The summed E-state index contributed by atoms with van der Waals surface area (Å²) in [4.78, 5) is 0. The Labute approximate surface area is 156 Å². The van der Waals surface area contributed by atoms with Crippen molar-refractivity contribution in [1.82, 2.24) is 10.2 Å². The van der Waals surface area contributed by atoms with Crippen molar-refractivity contribution in [3.05, 3.63) is 48.0 Å². The van der Waals surface area contributed by atoms with Crippen LogP contribution >= 0.6 is 11.8 Å². The number of ether oxygens (including phenoxy) is 3. The van der Waals surface area contributed by atoms with Crippen LogP contribution in [-0.4, -0.2) is 36.8 Å². The average Bonchev–Trinajstić information content (AvgIpc) is 3.13. The van der Waals surface area contributed by atoms with Crippen molar-refractivity contribution in [2.24, 2.45) is 0 Å². The first-order chi connectivity index (χ1) is 12.7. The lowest BCUT2D eigenvalue weighted by Gasteiger charge is -2.07. The molecule has 26 heavy (non-hydrogen) atoms. The zero-order valence-electron chi connectivity index (χ0n) is 14.9. The van der Waals surface area contributed by atoms with Crippen LogP contribution < -0.4 is 14.2 Å². The van der Waals surface area contributed by atoms with Gasteiger partial charge in [-0.1, -0.05) is 23.9 Å². The van der Waals surface area contributed by atoms with Crippen LogP contribution in [0.3, 0.4) is 0 Å². The summed E-state index contributed by atoms with van der Waals surface area (Å²) in [6.07, 6.45) is 0. The SMILES string of the molecule is COc1ccc(-c2nnc(SCCOc3cccc(C)c3)o2)c(OC)c1. The Morgan fingerprint density at radius 3 is 2.65 bits per heavy atom. The van der Waals surface area contributed by atoms with E-state index < -0.39 is 0 Å². The van der Waals surface area contributed by atoms with Crippen LogP contribution in [-0.2, 0) is 0 Å². The van der Waals surface area contributed by atoms with E-state index in [2.05, 4.69) is 10.2 Å². The molecule has 2 aromatic carbocycles. The monoisotopic (exact) mass is 372 g/mol. The van der Waals surface area contributed by atoms with E-state index in [9.17, 15) is 0 Å². The Morgan fingerprint density at radius 1 is 1.00 bits per heavy atom. The molecule has 0 fully saturated rings. The van der Waals surface area contributed by atoms with Gasteiger partial charge in [0.25, 0.3) is 11.1 Å². The Morgan fingerprint density at radius 2 is 1.88 bits per heavy atom. The molecule has 0 spiro atoms. The van der Waals surface area contributed by atoms with Crippen molar-refractivity contribution in [3.8, 4) is 28.7 Å². The third kappa shape index (κ3) is 4.49. The molecule has 0 radical (unpaired) electrons. The Bertz CT molecular complexity index is 866. The average molecular weight is 372 g/mol. The molecule has 0 bridgehead atoms. The third-order valence-electron chi connectivity index (χ3n) is 3.61. The molecule has 136 valence electrons. The third-order valence-corrected chi connectivity index (χ3v) is 4.40. The summed E-state index contributed by atoms with van der Waals surface area (Å²) in [5.41, 5.74) is 1.90. The van der Waals surface area contributed by atoms with Gasteiger partial charge in [-0.15, -0.1) is 10.2 Å². The molecule has 0 saturated heterocycles. The number of aryl methyl sites for hydroxylation is 1. The molecule has 1 heterocycles. The Hall–Kier alpha value is -2.67. The van der Waals surface area contributed by atoms with E-state index in [-0.39, 0.29) is 0 Å². The first kappa shape index (κ1) is 18.1. The molecule has 0 aliphatic heterocycles. The molecular weight excluding hydrogens is 352 g/mol. The highest BCUT2D eigenvalue weighted by Gasteiger charge is 2.14. The smallest absolute Gasteiger partial charge is 0.276 e. The summed E-state index contributed by atoms with van der Waals surface area (Å²) in [6, 6.07) is 13.4. The molecule has 6 nitrogen and oxygen atoms in total. The topological polar surface area (TPSA) is 66.6 Å². The number of benzene rings is 2. The van der Waals surface area contributed by atoms with Crippen molar-refractivity contribution in [1.29, 1.82) is 0 Å². The molecule has 7 heteroatoms. The number of hydrogen-bond donors (Lipinski definition) is 0. The number of hydrogen-bond acceptors (Lipinski definition) is 7. The molecule has 0 unspecified atom stereocenters. The first-order valence-corrected chi connectivity index (χ1v) is 9.06. The van der Waals surface area contributed by atoms with Gasteiger partial charge in [-0.2, -0.15) is 0 Å². The number of nitrogens with zero attached hydrogens (tertiary/aromatic N) is 2. The van der Waals surface area contributed by atoms with Gasteiger partial charge in [-0.25, -0.2) is 0 Å². The van der Waals surface area contributed by atoms with Gasteiger partial charge in [0.1, 0.15) is 17.2 Å².